The van der Waals surface area contributed by atoms with Crippen LogP contribution in [0.2, 0.25) is 0 Å². The van der Waals surface area contributed by atoms with Crippen molar-refractivity contribution in [2.45, 2.75) is 13.3 Å². The summed E-state index contributed by atoms with van der Waals surface area (Å²) in [5.41, 5.74) is 0.393. The van der Waals surface area contributed by atoms with Gasteiger partial charge >= 0.3 is 0 Å². The lowest BCUT2D eigenvalue weighted by atomic mass is 10.3. The minimum absolute atomic E-state index is 0.235. The average molecular weight is 164 g/mol. The maximum atomic E-state index is 11.1. The first-order valence-electron chi connectivity index (χ1n) is 3.81. The van der Waals surface area contributed by atoms with Crippen LogP contribution in [0.15, 0.2) is 30.3 Å². The number of benzene rings is 1. The summed E-state index contributed by atoms with van der Waals surface area (Å²) >= 11 is 0. The molecular weight excluding hydrogens is 154 g/mol. The molecule has 0 unspecified atom stereocenters. The highest BCUT2D eigenvalue weighted by Crippen LogP contribution is 2.12. The van der Waals surface area contributed by atoms with Crippen LogP contribution in [0.3, 0.4) is 0 Å². The first-order chi connectivity index (χ1) is 5.75. The largest absolute Gasteiger partial charge is 0.752 e. The van der Waals surface area contributed by atoms with E-state index in [1.165, 1.54) is 0 Å². The zero-order valence-corrected chi connectivity index (χ0v) is 6.86. The number of hydrogen-bond acceptors (Lipinski definition) is 2. The van der Waals surface area contributed by atoms with Crippen molar-refractivity contribution in [3.05, 3.63) is 35.5 Å². The van der Waals surface area contributed by atoms with Gasteiger partial charge in [-0.1, -0.05) is 25.1 Å². The molecule has 0 spiro atoms. The van der Waals surface area contributed by atoms with E-state index >= 15 is 0 Å². The molecule has 1 aromatic rings. The molecule has 0 aliphatic carbocycles. The Labute approximate surface area is 71.2 Å². The third kappa shape index (κ3) is 1.83. The molecule has 0 saturated carbocycles. The SMILES string of the molecule is CCC(=O)N([O-])c1ccccc1. The van der Waals surface area contributed by atoms with Crippen molar-refractivity contribution in [2.24, 2.45) is 0 Å². The van der Waals surface area contributed by atoms with Gasteiger partial charge in [0, 0.05) is 12.1 Å². The lowest BCUT2D eigenvalue weighted by molar-refractivity contribution is -0.117. The highest BCUT2D eigenvalue weighted by molar-refractivity contribution is 5.93. The molecule has 1 aromatic carbocycles. The standard InChI is InChI=1S/C9H10NO2/c1-2-9(11)10(12)8-6-4-3-5-7-8/h3-7H,2H2,1H3/q-1. The summed E-state index contributed by atoms with van der Waals surface area (Å²) in [7, 11) is 0. The molecule has 1 rings (SSSR count). The van der Waals surface area contributed by atoms with Crippen LogP contribution in [0.1, 0.15) is 13.3 Å². The fraction of sp³-hybridized carbons (Fsp3) is 0.222. The van der Waals surface area contributed by atoms with Crippen LogP contribution in [-0.2, 0) is 4.79 Å². The quantitative estimate of drug-likeness (QED) is 0.627. The van der Waals surface area contributed by atoms with E-state index in [0.29, 0.717) is 10.8 Å². The molecule has 0 aliphatic rings. The van der Waals surface area contributed by atoms with E-state index in [9.17, 15) is 10.0 Å². The van der Waals surface area contributed by atoms with Crippen molar-refractivity contribution < 1.29 is 4.79 Å². The fourth-order valence-corrected chi connectivity index (χ4v) is 0.851. The zero-order chi connectivity index (χ0) is 8.97. The summed E-state index contributed by atoms with van der Waals surface area (Å²) in [5.74, 6) is -0.416. The minimum atomic E-state index is -0.416. The molecule has 12 heavy (non-hydrogen) atoms. The maximum Gasteiger partial charge on any atom is 0.216 e. The van der Waals surface area contributed by atoms with Gasteiger partial charge in [-0.15, -0.1) is 0 Å². The van der Waals surface area contributed by atoms with Crippen molar-refractivity contribution in [3.63, 3.8) is 0 Å². The Morgan fingerprint density at radius 3 is 2.50 bits per heavy atom. The molecule has 3 heteroatoms. The fourth-order valence-electron chi connectivity index (χ4n) is 0.851. The normalized spacial score (nSPS) is 9.50. The number of carbonyl (C=O) groups is 1. The molecule has 1 amide bonds. The summed E-state index contributed by atoms with van der Waals surface area (Å²) in [6.07, 6.45) is 0.235. The van der Waals surface area contributed by atoms with Crippen molar-refractivity contribution in [3.8, 4) is 0 Å². The predicted octanol–water partition coefficient (Wildman–Crippen LogP) is 1.93. The lowest BCUT2D eigenvalue weighted by Crippen LogP contribution is -2.22. The topological polar surface area (TPSA) is 43.4 Å². The number of rotatable bonds is 2. The first-order valence-corrected chi connectivity index (χ1v) is 3.81. The number of para-hydroxylation sites is 1. The van der Waals surface area contributed by atoms with Crippen LogP contribution in [-0.4, -0.2) is 5.91 Å². The van der Waals surface area contributed by atoms with E-state index in [-0.39, 0.29) is 6.42 Å². The van der Waals surface area contributed by atoms with Gasteiger partial charge in [0.25, 0.3) is 0 Å². The Bertz CT molecular complexity index is 258. The Morgan fingerprint density at radius 2 is 2.00 bits per heavy atom. The van der Waals surface area contributed by atoms with Gasteiger partial charge < -0.3 is 10.3 Å². The van der Waals surface area contributed by atoms with Crippen molar-refractivity contribution in [1.29, 1.82) is 0 Å². The highest BCUT2D eigenvalue weighted by atomic mass is 16.5. The van der Waals surface area contributed by atoms with Crippen LogP contribution in [0, 0.1) is 5.21 Å². The minimum Gasteiger partial charge on any atom is -0.752 e. The van der Waals surface area contributed by atoms with Gasteiger partial charge in [0.15, 0.2) is 0 Å². The van der Waals surface area contributed by atoms with Crippen LogP contribution < -0.4 is 5.06 Å². The molecule has 0 N–H and O–H groups in total. The highest BCUT2D eigenvalue weighted by Gasteiger charge is 2.00. The molecule has 0 aromatic heterocycles. The van der Waals surface area contributed by atoms with Crippen LogP contribution in [0.5, 0.6) is 0 Å². The molecule has 64 valence electrons. The monoisotopic (exact) mass is 164 g/mol. The maximum absolute atomic E-state index is 11.1. The molecular formula is C9H10NO2-. The number of amides is 1. The van der Waals surface area contributed by atoms with E-state index in [1.54, 1.807) is 37.3 Å². The van der Waals surface area contributed by atoms with Crippen LogP contribution >= 0.6 is 0 Å². The second-order valence-electron chi connectivity index (χ2n) is 2.38. The second-order valence-corrected chi connectivity index (χ2v) is 2.38. The van der Waals surface area contributed by atoms with Crippen LogP contribution in [0.4, 0.5) is 5.69 Å². The molecule has 3 nitrogen and oxygen atoms in total. The van der Waals surface area contributed by atoms with E-state index in [4.69, 9.17) is 0 Å². The number of anilines is 1. The predicted molar refractivity (Wildman–Crippen MR) is 47.6 cm³/mol. The number of carbonyl (C=O) groups excluding carboxylic acids is 1. The summed E-state index contributed by atoms with van der Waals surface area (Å²) in [5, 5.41) is 11.6. The van der Waals surface area contributed by atoms with Gasteiger partial charge in [0.1, 0.15) is 0 Å². The third-order valence-corrected chi connectivity index (χ3v) is 1.52. The average Bonchev–Trinajstić information content (AvgIpc) is 2.17. The third-order valence-electron chi connectivity index (χ3n) is 1.52. The molecule has 0 atom stereocenters. The van der Waals surface area contributed by atoms with Crippen molar-refractivity contribution in [2.75, 3.05) is 5.06 Å². The van der Waals surface area contributed by atoms with E-state index in [2.05, 4.69) is 0 Å². The summed E-state index contributed by atoms with van der Waals surface area (Å²) in [6, 6.07) is 8.47. The van der Waals surface area contributed by atoms with Gasteiger partial charge in [-0.25, -0.2) is 0 Å². The Morgan fingerprint density at radius 1 is 1.42 bits per heavy atom. The van der Waals surface area contributed by atoms with Gasteiger partial charge in [0.05, 0.1) is 0 Å². The van der Waals surface area contributed by atoms with Gasteiger partial charge in [-0.05, 0) is 12.1 Å². The first kappa shape index (κ1) is 8.74. The molecule has 0 radical (unpaired) electrons. The summed E-state index contributed by atoms with van der Waals surface area (Å²) < 4.78 is 0. The molecule has 0 fully saturated rings. The van der Waals surface area contributed by atoms with Gasteiger partial charge in [-0.2, -0.15) is 0 Å². The second kappa shape index (κ2) is 3.88. The van der Waals surface area contributed by atoms with E-state index < -0.39 is 5.91 Å². The van der Waals surface area contributed by atoms with E-state index in [1.807, 2.05) is 0 Å². The number of nitrogens with zero attached hydrogens (tertiary/aromatic N) is 1. The lowest BCUT2D eigenvalue weighted by Gasteiger charge is -2.27. The zero-order valence-electron chi connectivity index (χ0n) is 6.86. The molecule has 0 bridgehead atoms. The van der Waals surface area contributed by atoms with Gasteiger partial charge in [0.2, 0.25) is 5.91 Å². The van der Waals surface area contributed by atoms with Crippen molar-refractivity contribution in [1.82, 2.24) is 0 Å². The van der Waals surface area contributed by atoms with Gasteiger partial charge in [-0.3, -0.25) is 4.79 Å². The summed E-state index contributed by atoms with van der Waals surface area (Å²) in [6.45, 7) is 1.66. The Kier molecular flexibility index (Phi) is 2.82. The number of hydroxylamine groups is 1. The smallest absolute Gasteiger partial charge is 0.216 e. The van der Waals surface area contributed by atoms with Crippen molar-refractivity contribution >= 4 is 11.6 Å². The Hall–Kier alpha value is -1.35. The molecule has 0 saturated heterocycles. The Balaban J connectivity index is 2.78. The molecule has 0 aliphatic heterocycles. The summed E-state index contributed by atoms with van der Waals surface area (Å²) in [4.78, 5) is 10.9. The van der Waals surface area contributed by atoms with E-state index in [0.717, 1.165) is 0 Å². The van der Waals surface area contributed by atoms with Crippen LogP contribution in [0.25, 0.3) is 0 Å². The molecule has 0 heterocycles. The number of hydrogen-bond donors (Lipinski definition) is 0.